The number of nitriles is 1. The molecule has 0 aliphatic carbocycles. The molecular weight excluding hydrogens is 196 g/mol. The molecule has 2 rings (SSSR count). The SMILES string of the molecule is CC(C)(C#N)c1ccc(C2CCNC2)cc1. The molecule has 0 bridgehead atoms. The van der Waals surface area contributed by atoms with Crippen molar-refractivity contribution in [2.45, 2.75) is 31.6 Å². The summed E-state index contributed by atoms with van der Waals surface area (Å²) in [6.45, 7) is 6.12. The van der Waals surface area contributed by atoms with Crippen molar-refractivity contribution in [3.8, 4) is 6.07 Å². The molecule has 1 fully saturated rings. The Hall–Kier alpha value is -1.33. The zero-order chi connectivity index (χ0) is 11.6. The zero-order valence-electron chi connectivity index (χ0n) is 9.96. The molecule has 2 heteroatoms. The fraction of sp³-hybridized carbons (Fsp3) is 0.500. The summed E-state index contributed by atoms with van der Waals surface area (Å²) in [7, 11) is 0. The van der Waals surface area contributed by atoms with Gasteiger partial charge in [0.15, 0.2) is 0 Å². The van der Waals surface area contributed by atoms with Gasteiger partial charge < -0.3 is 5.32 Å². The zero-order valence-corrected chi connectivity index (χ0v) is 9.96. The number of hydrogen-bond donors (Lipinski definition) is 1. The van der Waals surface area contributed by atoms with Crippen molar-refractivity contribution in [1.29, 1.82) is 5.26 Å². The summed E-state index contributed by atoms with van der Waals surface area (Å²) in [6, 6.07) is 10.9. The van der Waals surface area contributed by atoms with Crippen molar-refractivity contribution in [3.05, 3.63) is 35.4 Å². The third kappa shape index (κ3) is 2.10. The lowest BCUT2D eigenvalue weighted by molar-refractivity contribution is 0.684. The molecule has 1 aromatic carbocycles. The molecule has 0 radical (unpaired) electrons. The van der Waals surface area contributed by atoms with Gasteiger partial charge in [0, 0.05) is 6.54 Å². The van der Waals surface area contributed by atoms with Crippen molar-refractivity contribution in [2.75, 3.05) is 13.1 Å². The molecule has 16 heavy (non-hydrogen) atoms. The fourth-order valence-electron chi connectivity index (χ4n) is 2.18. The monoisotopic (exact) mass is 214 g/mol. The molecular formula is C14H18N2. The summed E-state index contributed by atoms with van der Waals surface area (Å²) in [5.41, 5.74) is 2.11. The van der Waals surface area contributed by atoms with Gasteiger partial charge >= 0.3 is 0 Å². The first-order valence-corrected chi connectivity index (χ1v) is 5.86. The molecule has 1 aromatic rings. The van der Waals surface area contributed by atoms with Gasteiger partial charge in [-0.05, 0) is 43.9 Å². The van der Waals surface area contributed by atoms with Crippen LogP contribution in [0, 0.1) is 11.3 Å². The van der Waals surface area contributed by atoms with Gasteiger partial charge in [0.1, 0.15) is 0 Å². The van der Waals surface area contributed by atoms with E-state index in [0.29, 0.717) is 5.92 Å². The van der Waals surface area contributed by atoms with E-state index >= 15 is 0 Å². The topological polar surface area (TPSA) is 35.8 Å². The van der Waals surface area contributed by atoms with Crippen LogP contribution in [0.1, 0.15) is 37.3 Å². The summed E-state index contributed by atoms with van der Waals surface area (Å²) in [6.07, 6.45) is 1.22. The van der Waals surface area contributed by atoms with E-state index in [9.17, 15) is 0 Å². The Labute approximate surface area is 97.3 Å². The first-order chi connectivity index (χ1) is 7.63. The molecule has 0 amide bonds. The van der Waals surface area contributed by atoms with Crippen LogP contribution in [0.3, 0.4) is 0 Å². The number of nitrogens with zero attached hydrogens (tertiary/aromatic N) is 1. The van der Waals surface area contributed by atoms with Crippen LogP contribution in [-0.2, 0) is 5.41 Å². The smallest absolute Gasteiger partial charge is 0.0766 e. The van der Waals surface area contributed by atoms with Gasteiger partial charge in [-0.3, -0.25) is 0 Å². The Morgan fingerprint density at radius 1 is 1.31 bits per heavy atom. The van der Waals surface area contributed by atoms with E-state index in [4.69, 9.17) is 5.26 Å². The predicted molar refractivity (Wildman–Crippen MR) is 65.3 cm³/mol. The predicted octanol–water partition coefficient (Wildman–Crippen LogP) is 2.56. The van der Waals surface area contributed by atoms with Crippen LogP contribution < -0.4 is 5.32 Å². The molecule has 0 aromatic heterocycles. The molecule has 0 spiro atoms. The Morgan fingerprint density at radius 3 is 2.50 bits per heavy atom. The van der Waals surface area contributed by atoms with Gasteiger partial charge in [0.25, 0.3) is 0 Å². The van der Waals surface area contributed by atoms with Gasteiger partial charge in [-0.25, -0.2) is 0 Å². The highest BCUT2D eigenvalue weighted by Crippen LogP contribution is 2.26. The Morgan fingerprint density at radius 2 is 2.00 bits per heavy atom. The summed E-state index contributed by atoms with van der Waals surface area (Å²) < 4.78 is 0. The lowest BCUT2D eigenvalue weighted by atomic mass is 9.85. The summed E-state index contributed by atoms with van der Waals surface area (Å²) >= 11 is 0. The van der Waals surface area contributed by atoms with E-state index in [1.807, 2.05) is 13.8 Å². The molecule has 1 aliphatic rings. The molecule has 1 atom stereocenters. The maximum atomic E-state index is 9.07. The maximum absolute atomic E-state index is 9.07. The van der Waals surface area contributed by atoms with E-state index in [0.717, 1.165) is 18.7 Å². The third-order valence-electron chi connectivity index (χ3n) is 3.44. The van der Waals surface area contributed by atoms with Gasteiger partial charge in [0.2, 0.25) is 0 Å². The number of benzene rings is 1. The largest absolute Gasteiger partial charge is 0.316 e. The fourth-order valence-corrected chi connectivity index (χ4v) is 2.18. The Bertz CT molecular complexity index is 392. The highest BCUT2D eigenvalue weighted by Gasteiger charge is 2.21. The average molecular weight is 214 g/mol. The van der Waals surface area contributed by atoms with E-state index in [1.54, 1.807) is 0 Å². The molecule has 1 unspecified atom stereocenters. The maximum Gasteiger partial charge on any atom is 0.0766 e. The minimum atomic E-state index is -0.382. The van der Waals surface area contributed by atoms with Crippen LogP contribution in [0.4, 0.5) is 0 Å². The number of rotatable bonds is 2. The first kappa shape index (κ1) is 11.2. The molecule has 1 N–H and O–H groups in total. The van der Waals surface area contributed by atoms with E-state index in [1.165, 1.54) is 12.0 Å². The number of hydrogen-bond acceptors (Lipinski definition) is 2. The second kappa shape index (κ2) is 4.27. The minimum Gasteiger partial charge on any atom is -0.316 e. The van der Waals surface area contributed by atoms with Crippen molar-refractivity contribution in [3.63, 3.8) is 0 Å². The quantitative estimate of drug-likeness (QED) is 0.821. The van der Waals surface area contributed by atoms with E-state index < -0.39 is 0 Å². The highest BCUT2D eigenvalue weighted by molar-refractivity contribution is 5.34. The normalized spacial score (nSPS) is 20.7. The van der Waals surface area contributed by atoms with Gasteiger partial charge in [-0.15, -0.1) is 0 Å². The average Bonchev–Trinajstić information content (AvgIpc) is 2.83. The number of nitrogens with one attached hydrogen (secondary N) is 1. The van der Waals surface area contributed by atoms with Crippen LogP contribution in [0.25, 0.3) is 0 Å². The standard InChI is InChI=1S/C14H18N2/c1-14(2,10-15)13-5-3-11(4-6-13)12-7-8-16-9-12/h3-6,12,16H,7-9H2,1-2H3. The highest BCUT2D eigenvalue weighted by atomic mass is 14.9. The molecule has 1 saturated heterocycles. The Balaban J connectivity index is 2.20. The van der Waals surface area contributed by atoms with Gasteiger partial charge in [-0.1, -0.05) is 24.3 Å². The van der Waals surface area contributed by atoms with Gasteiger partial charge in [0.05, 0.1) is 11.5 Å². The molecule has 1 aliphatic heterocycles. The van der Waals surface area contributed by atoms with Crippen LogP contribution in [-0.4, -0.2) is 13.1 Å². The van der Waals surface area contributed by atoms with Crippen LogP contribution in [0.15, 0.2) is 24.3 Å². The van der Waals surface area contributed by atoms with Crippen molar-refractivity contribution in [2.24, 2.45) is 0 Å². The molecule has 0 saturated carbocycles. The second-order valence-corrected chi connectivity index (χ2v) is 5.05. The van der Waals surface area contributed by atoms with Gasteiger partial charge in [-0.2, -0.15) is 5.26 Å². The second-order valence-electron chi connectivity index (χ2n) is 5.05. The summed E-state index contributed by atoms with van der Waals surface area (Å²) in [5.74, 6) is 0.652. The van der Waals surface area contributed by atoms with E-state index in [-0.39, 0.29) is 5.41 Å². The Kier molecular flexibility index (Phi) is 2.98. The first-order valence-electron chi connectivity index (χ1n) is 5.86. The lowest BCUT2D eigenvalue weighted by Crippen LogP contribution is -2.14. The van der Waals surface area contributed by atoms with Crippen molar-refractivity contribution in [1.82, 2.24) is 5.32 Å². The van der Waals surface area contributed by atoms with Crippen LogP contribution in [0.5, 0.6) is 0 Å². The third-order valence-corrected chi connectivity index (χ3v) is 3.44. The van der Waals surface area contributed by atoms with Crippen molar-refractivity contribution < 1.29 is 0 Å². The van der Waals surface area contributed by atoms with Crippen LogP contribution in [0.2, 0.25) is 0 Å². The summed E-state index contributed by atoms with van der Waals surface area (Å²) in [4.78, 5) is 0. The lowest BCUT2D eigenvalue weighted by Gasteiger charge is -2.17. The minimum absolute atomic E-state index is 0.382. The van der Waals surface area contributed by atoms with Crippen LogP contribution >= 0.6 is 0 Å². The van der Waals surface area contributed by atoms with E-state index in [2.05, 4.69) is 35.7 Å². The molecule has 2 nitrogen and oxygen atoms in total. The molecule has 84 valence electrons. The van der Waals surface area contributed by atoms with Crippen molar-refractivity contribution >= 4 is 0 Å². The summed E-state index contributed by atoms with van der Waals surface area (Å²) in [5, 5.41) is 12.4. The molecule has 1 heterocycles.